The molecule has 0 saturated carbocycles. The Bertz CT molecular complexity index is 412. The minimum absolute atomic E-state index is 0.0938. The molecule has 136 valence electrons. The molecule has 23 heavy (non-hydrogen) atoms. The van der Waals surface area contributed by atoms with E-state index < -0.39 is 16.8 Å². The van der Waals surface area contributed by atoms with Crippen molar-refractivity contribution in [1.82, 2.24) is 0 Å². The monoisotopic (exact) mass is 330 g/mol. The summed E-state index contributed by atoms with van der Waals surface area (Å²) in [6, 6.07) is 0. The van der Waals surface area contributed by atoms with Gasteiger partial charge in [-0.25, -0.2) is 0 Å². The van der Waals surface area contributed by atoms with E-state index in [0.717, 1.165) is 6.42 Å². The average molecular weight is 330 g/mol. The van der Waals surface area contributed by atoms with E-state index in [4.69, 9.17) is 18.9 Å². The smallest absolute Gasteiger partial charge is 0.312 e. The third-order valence-corrected chi connectivity index (χ3v) is 4.14. The first kappa shape index (κ1) is 20.4. The third kappa shape index (κ3) is 6.40. The Morgan fingerprint density at radius 2 is 1.78 bits per heavy atom. The zero-order valence-corrected chi connectivity index (χ0v) is 16.1. The van der Waals surface area contributed by atoms with Crippen molar-refractivity contribution in [1.29, 1.82) is 0 Å². The molecule has 0 amide bonds. The first-order valence-corrected chi connectivity index (χ1v) is 8.40. The highest BCUT2D eigenvalue weighted by Gasteiger charge is 2.49. The molecule has 0 bridgehead atoms. The second-order valence-electron chi connectivity index (χ2n) is 8.85. The van der Waals surface area contributed by atoms with Crippen LogP contribution in [0, 0.1) is 10.8 Å². The van der Waals surface area contributed by atoms with Crippen molar-refractivity contribution in [2.75, 3.05) is 20.0 Å². The molecule has 1 saturated heterocycles. The lowest BCUT2D eigenvalue weighted by Gasteiger charge is -2.30. The van der Waals surface area contributed by atoms with E-state index in [1.165, 1.54) is 0 Å². The Balaban J connectivity index is 2.50. The minimum atomic E-state index is -0.788. The largest absolute Gasteiger partial charge is 0.456 e. The van der Waals surface area contributed by atoms with E-state index in [0.29, 0.717) is 19.6 Å². The number of ether oxygens (including phenoxy) is 4. The summed E-state index contributed by atoms with van der Waals surface area (Å²) in [5, 5.41) is 0. The second-order valence-corrected chi connectivity index (χ2v) is 8.85. The van der Waals surface area contributed by atoms with Crippen LogP contribution in [0.3, 0.4) is 0 Å². The summed E-state index contributed by atoms with van der Waals surface area (Å²) in [4.78, 5) is 12.3. The maximum atomic E-state index is 12.3. The Hall–Kier alpha value is -0.650. The van der Waals surface area contributed by atoms with Crippen LogP contribution < -0.4 is 0 Å². The van der Waals surface area contributed by atoms with Crippen LogP contribution in [0.1, 0.15) is 68.2 Å². The van der Waals surface area contributed by atoms with Gasteiger partial charge < -0.3 is 18.9 Å². The number of carbonyl (C=O) groups excluding carboxylic acids is 1. The van der Waals surface area contributed by atoms with Gasteiger partial charge in [-0.15, -0.1) is 0 Å². The summed E-state index contributed by atoms with van der Waals surface area (Å²) >= 11 is 0. The van der Waals surface area contributed by atoms with Crippen molar-refractivity contribution in [2.24, 2.45) is 10.8 Å². The Labute approximate surface area is 141 Å². The molecule has 0 aromatic carbocycles. The molecule has 1 rings (SSSR count). The van der Waals surface area contributed by atoms with Gasteiger partial charge in [-0.2, -0.15) is 0 Å². The number of hydrogen-bond acceptors (Lipinski definition) is 5. The number of carbonyl (C=O) groups is 1. The molecule has 1 fully saturated rings. The summed E-state index contributed by atoms with van der Waals surface area (Å²) < 4.78 is 22.8. The van der Waals surface area contributed by atoms with Gasteiger partial charge in [0.2, 0.25) is 0 Å². The van der Waals surface area contributed by atoms with Crippen LogP contribution >= 0.6 is 0 Å². The van der Waals surface area contributed by atoms with E-state index in [2.05, 4.69) is 20.8 Å². The summed E-state index contributed by atoms with van der Waals surface area (Å²) in [5.74, 6) is -0.983. The van der Waals surface area contributed by atoms with Gasteiger partial charge >= 0.3 is 5.97 Å². The average Bonchev–Trinajstić information content (AvgIpc) is 2.70. The number of esters is 1. The van der Waals surface area contributed by atoms with Gasteiger partial charge in [0.25, 0.3) is 0 Å². The zero-order valence-electron chi connectivity index (χ0n) is 16.1. The van der Waals surface area contributed by atoms with Crippen LogP contribution in [-0.4, -0.2) is 37.4 Å². The SMILES string of the molecule is CCC(C)(C)C(=O)OC1(C)COC(C)(OCOCC(C)(C)C)C1. The van der Waals surface area contributed by atoms with E-state index >= 15 is 0 Å². The van der Waals surface area contributed by atoms with Crippen molar-refractivity contribution < 1.29 is 23.7 Å². The number of hydrogen-bond donors (Lipinski definition) is 0. The van der Waals surface area contributed by atoms with E-state index in [1.807, 2.05) is 34.6 Å². The van der Waals surface area contributed by atoms with E-state index in [9.17, 15) is 4.79 Å². The summed E-state index contributed by atoms with van der Waals surface area (Å²) in [6.45, 7) is 16.9. The molecule has 1 aliphatic rings. The third-order valence-electron chi connectivity index (χ3n) is 4.14. The maximum absolute atomic E-state index is 12.3. The van der Waals surface area contributed by atoms with Gasteiger partial charge in [0.1, 0.15) is 12.4 Å². The Kier molecular flexibility index (Phi) is 6.27. The molecule has 0 radical (unpaired) electrons. The standard InChI is InChI=1S/C18H34O5/c1-9-16(5,6)14(19)23-17(7)10-18(8,21-12-17)22-13-20-11-15(2,3)4/h9-13H2,1-8H3. The van der Waals surface area contributed by atoms with Gasteiger partial charge in [-0.05, 0) is 39.5 Å². The first-order chi connectivity index (χ1) is 10.3. The lowest BCUT2D eigenvalue weighted by atomic mass is 9.90. The molecule has 5 heteroatoms. The highest BCUT2D eigenvalue weighted by atomic mass is 16.8. The summed E-state index contributed by atoms with van der Waals surface area (Å²) in [7, 11) is 0. The Morgan fingerprint density at radius 1 is 1.17 bits per heavy atom. The highest BCUT2D eigenvalue weighted by molar-refractivity contribution is 5.76. The predicted octanol–water partition coefficient (Wildman–Crippen LogP) is 3.90. The molecular weight excluding hydrogens is 296 g/mol. The maximum Gasteiger partial charge on any atom is 0.312 e. The van der Waals surface area contributed by atoms with Gasteiger partial charge in [0.05, 0.1) is 18.6 Å². The van der Waals surface area contributed by atoms with Crippen molar-refractivity contribution in [3.8, 4) is 0 Å². The molecule has 0 N–H and O–H groups in total. The fraction of sp³-hybridized carbons (Fsp3) is 0.944. The Morgan fingerprint density at radius 3 is 2.30 bits per heavy atom. The first-order valence-electron chi connectivity index (χ1n) is 8.40. The molecule has 1 heterocycles. The molecule has 0 spiro atoms. The van der Waals surface area contributed by atoms with Crippen LogP contribution in [0.15, 0.2) is 0 Å². The predicted molar refractivity (Wildman–Crippen MR) is 88.9 cm³/mol. The normalized spacial score (nSPS) is 28.9. The quantitative estimate of drug-likeness (QED) is 0.402. The summed E-state index contributed by atoms with van der Waals surface area (Å²) in [5.41, 5.74) is -1.06. The second kappa shape index (κ2) is 7.08. The molecule has 1 aliphatic heterocycles. The molecule has 0 aliphatic carbocycles. The van der Waals surface area contributed by atoms with Crippen LogP contribution in [0.25, 0.3) is 0 Å². The fourth-order valence-electron chi connectivity index (χ4n) is 2.27. The van der Waals surface area contributed by atoms with Gasteiger partial charge in [-0.3, -0.25) is 4.79 Å². The summed E-state index contributed by atoms with van der Waals surface area (Å²) in [6.07, 6.45) is 1.22. The van der Waals surface area contributed by atoms with Gasteiger partial charge in [0, 0.05) is 6.42 Å². The van der Waals surface area contributed by atoms with E-state index in [1.54, 1.807) is 0 Å². The van der Waals surface area contributed by atoms with Crippen molar-refractivity contribution in [3.05, 3.63) is 0 Å². The fourth-order valence-corrected chi connectivity index (χ4v) is 2.27. The van der Waals surface area contributed by atoms with Crippen LogP contribution in [0.5, 0.6) is 0 Å². The highest BCUT2D eigenvalue weighted by Crippen LogP contribution is 2.38. The van der Waals surface area contributed by atoms with E-state index in [-0.39, 0.29) is 18.2 Å². The molecule has 5 nitrogen and oxygen atoms in total. The lowest BCUT2D eigenvalue weighted by Crippen LogP contribution is -2.39. The molecule has 0 aromatic heterocycles. The van der Waals surface area contributed by atoms with Crippen molar-refractivity contribution in [2.45, 2.75) is 79.6 Å². The molecule has 2 atom stereocenters. The van der Waals surface area contributed by atoms with Crippen LogP contribution in [0.4, 0.5) is 0 Å². The van der Waals surface area contributed by atoms with Crippen molar-refractivity contribution in [3.63, 3.8) is 0 Å². The van der Waals surface area contributed by atoms with Crippen LogP contribution in [-0.2, 0) is 23.7 Å². The van der Waals surface area contributed by atoms with Crippen LogP contribution in [0.2, 0.25) is 0 Å². The number of rotatable bonds is 7. The molecule has 0 aromatic rings. The van der Waals surface area contributed by atoms with Gasteiger partial charge in [0.15, 0.2) is 5.79 Å². The van der Waals surface area contributed by atoms with Gasteiger partial charge in [-0.1, -0.05) is 27.7 Å². The zero-order chi connectivity index (χ0) is 17.9. The lowest BCUT2D eigenvalue weighted by molar-refractivity contribution is -0.244. The topological polar surface area (TPSA) is 54.0 Å². The molecule has 2 unspecified atom stereocenters. The van der Waals surface area contributed by atoms with Crippen molar-refractivity contribution >= 4 is 5.97 Å². The molecular formula is C18H34O5. The minimum Gasteiger partial charge on any atom is -0.456 e.